The van der Waals surface area contributed by atoms with E-state index in [4.69, 9.17) is 19.6 Å². The molecule has 0 rings (SSSR count). The SMILES string of the molecule is C=COP(=O)(OP(=O)(O)O)OP(=O)(O)O. The summed E-state index contributed by atoms with van der Waals surface area (Å²) in [4.78, 5) is 33.0. The van der Waals surface area contributed by atoms with Crippen molar-refractivity contribution in [1.29, 1.82) is 0 Å². The Bertz CT molecular complexity index is 331. The smallest absolute Gasteiger partial charge is 0.412 e. The highest BCUT2D eigenvalue weighted by atomic mass is 31.3. The molecular formula is C2H7O10P3. The van der Waals surface area contributed by atoms with Crippen LogP contribution in [-0.2, 0) is 26.8 Å². The Labute approximate surface area is 83.6 Å². The Morgan fingerprint density at radius 1 is 0.933 bits per heavy atom. The maximum absolute atomic E-state index is 11.1. The molecule has 0 aromatic rings. The number of rotatable bonds is 6. The monoisotopic (exact) mass is 284 g/mol. The van der Waals surface area contributed by atoms with Crippen molar-refractivity contribution in [3.63, 3.8) is 0 Å². The molecule has 0 aliphatic heterocycles. The summed E-state index contributed by atoms with van der Waals surface area (Å²) in [6, 6.07) is 0. The largest absolute Gasteiger partial charge is 0.547 e. The van der Waals surface area contributed by atoms with Crippen molar-refractivity contribution in [1.82, 2.24) is 0 Å². The van der Waals surface area contributed by atoms with Gasteiger partial charge >= 0.3 is 23.5 Å². The summed E-state index contributed by atoms with van der Waals surface area (Å²) in [5.74, 6) is 0. The van der Waals surface area contributed by atoms with Crippen molar-refractivity contribution < 1.29 is 46.4 Å². The van der Waals surface area contributed by atoms with E-state index in [0.29, 0.717) is 6.26 Å². The molecule has 0 heterocycles. The van der Waals surface area contributed by atoms with E-state index in [1.54, 1.807) is 0 Å². The first-order chi connectivity index (χ1) is 6.47. The highest BCUT2D eigenvalue weighted by molar-refractivity contribution is 7.66. The highest BCUT2D eigenvalue weighted by Crippen LogP contribution is 2.67. The van der Waals surface area contributed by atoms with Crippen LogP contribution in [0, 0.1) is 0 Å². The third-order valence-electron chi connectivity index (χ3n) is 0.616. The van der Waals surface area contributed by atoms with Crippen molar-refractivity contribution in [2.24, 2.45) is 0 Å². The molecule has 0 aliphatic carbocycles. The zero-order valence-corrected chi connectivity index (χ0v) is 9.55. The number of hydrogen-bond donors (Lipinski definition) is 4. The minimum Gasteiger partial charge on any atom is -0.412 e. The van der Waals surface area contributed by atoms with Gasteiger partial charge in [-0.3, -0.25) is 0 Å². The first-order valence-corrected chi connectivity index (χ1v) is 7.43. The molecule has 0 spiro atoms. The van der Waals surface area contributed by atoms with Crippen LogP contribution in [0.4, 0.5) is 0 Å². The molecule has 0 saturated carbocycles. The fourth-order valence-corrected chi connectivity index (χ4v) is 3.37. The predicted octanol–water partition coefficient (Wildman–Crippen LogP) is 0.473. The summed E-state index contributed by atoms with van der Waals surface area (Å²) in [6.45, 7) is 2.85. The fraction of sp³-hybridized carbons (Fsp3) is 0. The normalized spacial score (nSPS) is 13.6. The summed E-state index contributed by atoms with van der Waals surface area (Å²) in [5.41, 5.74) is 0. The Hall–Kier alpha value is -0.0100. The van der Waals surface area contributed by atoms with Gasteiger partial charge in [0, 0.05) is 0 Å². The third-order valence-corrected chi connectivity index (χ3v) is 4.33. The lowest BCUT2D eigenvalue weighted by molar-refractivity contribution is 0.197. The first-order valence-electron chi connectivity index (χ1n) is 2.90. The van der Waals surface area contributed by atoms with E-state index in [1.165, 1.54) is 0 Å². The summed E-state index contributed by atoms with van der Waals surface area (Å²) in [6.07, 6.45) is 0.381. The van der Waals surface area contributed by atoms with Gasteiger partial charge in [0.05, 0.1) is 6.26 Å². The molecule has 0 unspecified atom stereocenters. The average molecular weight is 284 g/mol. The molecule has 15 heavy (non-hydrogen) atoms. The maximum atomic E-state index is 11.1. The third kappa shape index (κ3) is 7.87. The number of phosphoric acid groups is 3. The molecule has 0 fully saturated rings. The van der Waals surface area contributed by atoms with Gasteiger partial charge in [0.1, 0.15) is 0 Å². The van der Waals surface area contributed by atoms with Crippen LogP contribution >= 0.6 is 23.5 Å². The Morgan fingerprint density at radius 2 is 1.27 bits per heavy atom. The molecule has 13 heteroatoms. The predicted molar refractivity (Wildman–Crippen MR) is 45.1 cm³/mol. The molecule has 0 aromatic carbocycles. The van der Waals surface area contributed by atoms with Crippen LogP contribution < -0.4 is 0 Å². The second-order valence-corrected chi connectivity index (χ2v) is 6.24. The van der Waals surface area contributed by atoms with E-state index < -0.39 is 23.5 Å². The van der Waals surface area contributed by atoms with Crippen molar-refractivity contribution in [2.75, 3.05) is 0 Å². The van der Waals surface area contributed by atoms with Gasteiger partial charge in [-0.1, -0.05) is 6.58 Å². The minimum absolute atomic E-state index is 0.381. The van der Waals surface area contributed by atoms with Gasteiger partial charge < -0.3 is 24.1 Å². The fourth-order valence-electron chi connectivity index (χ4n) is 0.405. The molecule has 0 bridgehead atoms. The number of hydrogen-bond acceptors (Lipinski definition) is 6. The molecule has 0 radical (unpaired) electrons. The second kappa shape index (κ2) is 4.88. The first kappa shape index (κ1) is 15.0. The van der Waals surface area contributed by atoms with Crippen molar-refractivity contribution in [2.45, 2.75) is 0 Å². The molecule has 90 valence electrons. The van der Waals surface area contributed by atoms with Gasteiger partial charge in [0.15, 0.2) is 0 Å². The van der Waals surface area contributed by atoms with E-state index in [0.717, 1.165) is 0 Å². The molecule has 0 aliphatic rings. The average Bonchev–Trinajstić information content (AvgIpc) is 1.74. The van der Waals surface area contributed by atoms with Gasteiger partial charge in [-0.05, 0) is 0 Å². The topological polar surface area (TPSA) is 160 Å². The standard InChI is InChI=1S/C2H7O10P3/c1-2-10-15(9,11-13(3,4)5)12-14(6,7)8/h2H,1H2,(H2,3,4,5)(H2,6,7,8). The maximum Gasteiger partial charge on any atom is 0.547 e. The second-order valence-electron chi connectivity index (χ2n) is 1.86. The van der Waals surface area contributed by atoms with Gasteiger partial charge in [0.25, 0.3) is 0 Å². The van der Waals surface area contributed by atoms with Crippen LogP contribution in [0.1, 0.15) is 0 Å². The van der Waals surface area contributed by atoms with E-state index >= 15 is 0 Å². The molecule has 10 nitrogen and oxygen atoms in total. The van der Waals surface area contributed by atoms with Gasteiger partial charge in [-0.15, -0.1) is 0 Å². The van der Waals surface area contributed by atoms with E-state index in [9.17, 15) is 13.7 Å². The zero-order valence-electron chi connectivity index (χ0n) is 6.86. The van der Waals surface area contributed by atoms with Gasteiger partial charge in [-0.25, -0.2) is 13.7 Å². The van der Waals surface area contributed by atoms with Crippen LogP contribution in [-0.4, -0.2) is 19.6 Å². The van der Waals surface area contributed by atoms with Crippen molar-refractivity contribution in [3.05, 3.63) is 12.8 Å². The lowest BCUT2D eigenvalue weighted by Crippen LogP contribution is -1.94. The van der Waals surface area contributed by atoms with E-state index in [2.05, 4.69) is 19.7 Å². The molecular weight excluding hydrogens is 277 g/mol. The minimum atomic E-state index is -5.31. The molecule has 4 N–H and O–H groups in total. The highest BCUT2D eigenvalue weighted by Gasteiger charge is 2.42. The Balaban J connectivity index is 4.92. The van der Waals surface area contributed by atoms with Crippen molar-refractivity contribution >= 4 is 23.5 Å². The van der Waals surface area contributed by atoms with Gasteiger partial charge in [0.2, 0.25) is 0 Å². The molecule has 0 saturated heterocycles. The summed E-state index contributed by atoms with van der Waals surface area (Å²) >= 11 is 0. The Morgan fingerprint density at radius 3 is 1.47 bits per heavy atom. The van der Waals surface area contributed by atoms with Crippen LogP contribution in [0.3, 0.4) is 0 Å². The summed E-state index contributed by atoms with van der Waals surface area (Å²) in [7, 11) is -15.7. The van der Waals surface area contributed by atoms with Crippen LogP contribution in [0.15, 0.2) is 12.8 Å². The van der Waals surface area contributed by atoms with E-state index in [-0.39, 0.29) is 0 Å². The quantitative estimate of drug-likeness (QED) is 0.398. The van der Waals surface area contributed by atoms with Crippen LogP contribution in [0.5, 0.6) is 0 Å². The Kier molecular flexibility index (Phi) is 4.88. The molecule has 0 amide bonds. The molecule has 0 aromatic heterocycles. The van der Waals surface area contributed by atoms with E-state index in [1.807, 2.05) is 0 Å². The van der Waals surface area contributed by atoms with Gasteiger partial charge in [-0.2, -0.15) is 8.62 Å². The summed E-state index contributed by atoms with van der Waals surface area (Å²) in [5, 5.41) is 0. The van der Waals surface area contributed by atoms with Crippen LogP contribution in [0.2, 0.25) is 0 Å². The lowest BCUT2D eigenvalue weighted by atomic mass is 11.2. The zero-order chi connectivity index (χ0) is 12.3. The summed E-state index contributed by atoms with van der Waals surface area (Å²) < 4.78 is 42.4. The van der Waals surface area contributed by atoms with Crippen LogP contribution in [0.25, 0.3) is 0 Å². The lowest BCUT2D eigenvalue weighted by Gasteiger charge is -2.16. The van der Waals surface area contributed by atoms with Crippen molar-refractivity contribution in [3.8, 4) is 0 Å². The molecule has 0 atom stereocenters.